The minimum absolute atomic E-state index is 0.0413. The molecule has 3 amide bonds. The Bertz CT molecular complexity index is 893. The summed E-state index contributed by atoms with van der Waals surface area (Å²) in [5, 5.41) is 15.6. The number of nitrogens with zero attached hydrogens (tertiary/aromatic N) is 1. The largest absolute Gasteiger partial charge is 0.395 e. The van der Waals surface area contributed by atoms with Crippen molar-refractivity contribution in [1.82, 2.24) is 10.2 Å². The molecule has 0 saturated carbocycles. The summed E-state index contributed by atoms with van der Waals surface area (Å²) in [6, 6.07) is 8.32. The Morgan fingerprint density at radius 1 is 1.15 bits per heavy atom. The second-order valence-corrected chi connectivity index (χ2v) is 9.44. The molecule has 0 radical (unpaired) electrons. The van der Waals surface area contributed by atoms with Gasteiger partial charge in [0.05, 0.1) is 24.0 Å². The summed E-state index contributed by atoms with van der Waals surface area (Å²) in [4.78, 5) is 42.0. The van der Waals surface area contributed by atoms with Crippen LogP contribution in [0.3, 0.4) is 0 Å². The van der Waals surface area contributed by atoms with Crippen LogP contribution in [0.25, 0.3) is 0 Å². The highest BCUT2D eigenvalue weighted by molar-refractivity contribution is 6.02. The lowest BCUT2D eigenvalue weighted by Crippen LogP contribution is -2.55. The van der Waals surface area contributed by atoms with E-state index in [1.165, 1.54) is 4.90 Å². The zero-order valence-corrected chi connectivity index (χ0v) is 19.5. The minimum atomic E-state index is -1.05. The molecule has 5 atom stereocenters. The van der Waals surface area contributed by atoms with Crippen molar-refractivity contribution < 1.29 is 24.2 Å². The van der Waals surface area contributed by atoms with Gasteiger partial charge in [0.25, 0.3) is 0 Å². The number of fused-ring (bicyclic) bond motifs is 1. The van der Waals surface area contributed by atoms with Gasteiger partial charge in [0.1, 0.15) is 11.6 Å². The third-order valence-electron chi connectivity index (χ3n) is 7.67. The molecule has 8 heteroatoms. The number of aliphatic hydroxyl groups excluding tert-OH is 1. The highest BCUT2D eigenvalue weighted by Crippen LogP contribution is 2.64. The predicted octanol–water partition coefficient (Wildman–Crippen LogP) is 2.08. The number of carbonyl (C=O) groups is 3. The Hall–Kier alpha value is -2.45. The average Bonchev–Trinajstić information content (AvgIpc) is 3.41. The van der Waals surface area contributed by atoms with Gasteiger partial charge in [-0.1, -0.05) is 44.9 Å². The summed E-state index contributed by atoms with van der Waals surface area (Å²) in [6.07, 6.45) is 4.65. The summed E-state index contributed by atoms with van der Waals surface area (Å²) >= 11 is 0. The number of nitrogens with one attached hydrogen (secondary N) is 2. The van der Waals surface area contributed by atoms with E-state index in [2.05, 4.69) is 17.6 Å². The van der Waals surface area contributed by atoms with Crippen molar-refractivity contribution in [3.63, 3.8) is 0 Å². The number of β-amino-alcohol motifs (C(OH)–C–C–N with tert-alkyl or cyclic N) is 1. The number of hydrogen-bond donors (Lipinski definition) is 3. The number of unbranched alkanes of at least 4 members (excludes halogenated alkanes) is 2. The van der Waals surface area contributed by atoms with E-state index in [1.807, 2.05) is 25.1 Å². The van der Waals surface area contributed by atoms with E-state index < -0.39 is 29.1 Å². The highest BCUT2D eigenvalue weighted by Gasteiger charge is 2.78. The van der Waals surface area contributed by atoms with Crippen LogP contribution >= 0.6 is 0 Å². The third-order valence-corrected chi connectivity index (χ3v) is 7.67. The quantitative estimate of drug-likeness (QED) is 0.466. The van der Waals surface area contributed by atoms with Crippen LogP contribution in [0, 0.1) is 11.8 Å². The van der Waals surface area contributed by atoms with Crippen LogP contribution < -0.4 is 10.6 Å². The zero-order chi connectivity index (χ0) is 23.6. The van der Waals surface area contributed by atoms with E-state index in [4.69, 9.17) is 4.74 Å². The van der Waals surface area contributed by atoms with Crippen LogP contribution in [0.2, 0.25) is 0 Å². The van der Waals surface area contributed by atoms with E-state index in [9.17, 15) is 19.5 Å². The molecule has 3 heterocycles. The molecular weight excluding hydrogens is 422 g/mol. The van der Waals surface area contributed by atoms with Crippen molar-refractivity contribution in [3.8, 4) is 0 Å². The fourth-order valence-electron chi connectivity index (χ4n) is 6.19. The predicted molar refractivity (Wildman–Crippen MR) is 123 cm³/mol. The van der Waals surface area contributed by atoms with Gasteiger partial charge in [0.15, 0.2) is 0 Å². The summed E-state index contributed by atoms with van der Waals surface area (Å²) in [6.45, 7) is 4.38. The number of para-hydroxylation sites is 1. The third kappa shape index (κ3) is 3.83. The lowest BCUT2D eigenvalue weighted by Gasteiger charge is -2.33. The van der Waals surface area contributed by atoms with Gasteiger partial charge < -0.3 is 25.4 Å². The molecular formula is C25H35N3O5. The summed E-state index contributed by atoms with van der Waals surface area (Å²) in [5.74, 6) is -2.22. The summed E-state index contributed by atoms with van der Waals surface area (Å²) in [7, 11) is 0. The van der Waals surface area contributed by atoms with Crippen molar-refractivity contribution in [2.75, 3.05) is 25.0 Å². The first-order chi connectivity index (χ1) is 15.9. The fourth-order valence-corrected chi connectivity index (χ4v) is 6.19. The number of amides is 3. The molecule has 3 aliphatic rings. The maximum Gasteiger partial charge on any atom is 0.245 e. The van der Waals surface area contributed by atoms with Gasteiger partial charge >= 0.3 is 0 Å². The Balaban J connectivity index is 1.65. The molecule has 1 spiro atoms. The van der Waals surface area contributed by atoms with Gasteiger partial charge in [-0.2, -0.15) is 0 Å². The van der Waals surface area contributed by atoms with Gasteiger partial charge in [0, 0.05) is 18.8 Å². The number of hydrogen-bond acceptors (Lipinski definition) is 5. The Morgan fingerprint density at radius 3 is 2.58 bits per heavy atom. The van der Waals surface area contributed by atoms with Crippen molar-refractivity contribution in [2.45, 2.75) is 69.6 Å². The maximum absolute atomic E-state index is 13.7. The zero-order valence-electron chi connectivity index (χ0n) is 19.5. The fraction of sp³-hybridized carbons (Fsp3) is 0.640. The van der Waals surface area contributed by atoms with Crippen LogP contribution in [0.5, 0.6) is 0 Å². The Morgan fingerprint density at radius 2 is 1.91 bits per heavy atom. The van der Waals surface area contributed by atoms with Crippen LogP contribution in [0.15, 0.2) is 30.3 Å². The lowest BCUT2D eigenvalue weighted by atomic mass is 9.65. The van der Waals surface area contributed by atoms with Crippen molar-refractivity contribution in [2.24, 2.45) is 11.8 Å². The van der Waals surface area contributed by atoms with Crippen LogP contribution in [0.4, 0.5) is 5.69 Å². The number of benzene rings is 1. The number of rotatable bonds is 10. The average molecular weight is 458 g/mol. The van der Waals surface area contributed by atoms with E-state index in [0.29, 0.717) is 31.5 Å². The molecule has 180 valence electrons. The minimum Gasteiger partial charge on any atom is -0.395 e. The van der Waals surface area contributed by atoms with Crippen LogP contribution in [-0.4, -0.2) is 64.7 Å². The van der Waals surface area contributed by atoms with E-state index in [0.717, 1.165) is 19.3 Å². The monoisotopic (exact) mass is 457 g/mol. The lowest BCUT2D eigenvalue weighted by molar-refractivity contribution is -0.146. The van der Waals surface area contributed by atoms with E-state index >= 15 is 0 Å². The molecule has 0 aliphatic carbocycles. The molecule has 0 aromatic heterocycles. The van der Waals surface area contributed by atoms with Gasteiger partial charge in [-0.3, -0.25) is 14.4 Å². The summed E-state index contributed by atoms with van der Waals surface area (Å²) < 4.78 is 6.63. The number of aliphatic hydroxyl groups is 1. The number of ether oxygens (including phenoxy) is 1. The molecule has 2 bridgehead atoms. The normalized spacial score (nSPS) is 32.2. The molecule has 3 saturated heterocycles. The molecule has 2 unspecified atom stereocenters. The number of likely N-dealkylation sites (tertiary alicyclic amines) is 1. The van der Waals surface area contributed by atoms with Gasteiger partial charge in [-0.15, -0.1) is 0 Å². The molecule has 1 aromatic carbocycles. The molecule has 8 nitrogen and oxygen atoms in total. The van der Waals surface area contributed by atoms with Crippen LogP contribution in [0.1, 0.15) is 52.4 Å². The maximum atomic E-state index is 13.7. The molecule has 1 aromatic rings. The summed E-state index contributed by atoms with van der Waals surface area (Å²) in [5.41, 5.74) is -1.16. The number of anilines is 1. The topological polar surface area (TPSA) is 108 Å². The van der Waals surface area contributed by atoms with E-state index in [-0.39, 0.29) is 30.9 Å². The van der Waals surface area contributed by atoms with Crippen molar-refractivity contribution >= 4 is 23.4 Å². The Labute approximate surface area is 195 Å². The molecule has 3 aliphatic heterocycles. The first kappa shape index (κ1) is 23.7. The SMILES string of the molecule is CCCCCNC(=O)C1N(CCO)C(=O)[C@@H]2[C@@H](C(=O)Nc3ccccc3)[C@@]3(CC)CCC12O3. The first-order valence-electron chi connectivity index (χ1n) is 12.2. The second kappa shape index (κ2) is 9.43. The highest BCUT2D eigenvalue weighted by atomic mass is 16.5. The second-order valence-electron chi connectivity index (χ2n) is 9.44. The van der Waals surface area contributed by atoms with Gasteiger partial charge in [-0.25, -0.2) is 0 Å². The molecule has 33 heavy (non-hydrogen) atoms. The smallest absolute Gasteiger partial charge is 0.245 e. The molecule has 4 rings (SSSR count). The standard InChI is InChI=1S/C25H35N3O5/c1-3-5-9-14-26-22(31)20-25-13-12-24(4-2,33-25)18(19(25)23(32)28(20)15-16-29)21(30)27-17-10-7-6-8-11-17/h6-8,10-11,18-20,29H,3-5,9,12-16H2,1-2H3,(H,26,31)(H,27,30)/t18-,19-,20?,24+,25?/m0/s1. The van der Waals surface area contributed by atoms with Gasteiger partial charge in [-0.05, 0) is 37.8 Å². The molecule has 3 N–H and O–H groups in total. The van der Waals surface area contributed by atoms with Crippen molar-refractivity contribution in [1.29, 1.82) is 0 Å². The van der Waals surface area contributed by atoms with Crippen LogP contribution in [-0.2, 0) is 19.1 Å². The molecule has 3 fully saturated rings. The van der Waals surface area contributed by atoms with Crippen molar-refractivity contribution in [3.05, 3.63) is 30.3 Å². The Kier molecular flexibility index (Phi) is 6.77. The number of carbonyl (C=O) groups excluding carboxylic acids is 3. The van der Waals surface area contributed by atoms with Gasteiger partial charge in [0.2, 0.25) is 17.7 Å². The van der Waals surface area contributed by atoms with E-state index in [1.54, 1.807) is 12.1 Å². The first-order valence-corrected chi connectivity index (χ1v) is 12.2.